The number of hydrogen-bond acceptors (Lipinski definition) is 4. The molecule has 0 bridgehead atoms. The van der Waals surface area contributed by atoms with Gasteiger partial charge in [0.1, 0.15) is 0 Å². The lowest BCUT2D eigenvalue weighted by Crippen LogP contribution is -2.43. The molecule has 17 heavy (non-hydrogen) atoms. The Bertz CT molecular complexity index is 321. The molecule has 0 spiro atoms. The fourth-order valence-corrected chi connectivity index (χ4v) is 1.67. The van der Waals surface area contributed by atoms with E-state index < -0.39 is 5.54 Å². The highest BCUT2D eigenvalue weighted by atomic mass is 16.5. The van der Waals surface area contributed by atoms with Crippen LogP contribution < -0.4 is 10.5 Å². The minimum absolute atomic E-state index is 0.0345. The van der Waals surface area contributed by atoms with Crippen LogP contribution in [0.2, 0.25) is 0 Å². The van der Waals surface area contributed by atoms with Crippen LogP contribution in [0.25, 0.3) is 0 Å². The van der Waals surface area contributed by atoms with Gasteiger partial charge in [0.15, 0.2) is 5.75 Å². The zero-order valence-electron chi connectivity index (χ0n) is 10.7. The van der Waals surface area contributed by atoms with Crippen LogP contribution in [0.4, 0.5) is 0 Å². The number of rotatable bonds is 8. The molecular formula is C12H23N3O2. The Morgan fingerprint density at radius 2 is 2.29 bits per heavy atom. The molecule has 0 aliphatic heterocycles. The van der Waals surface area contributed by atoms with Gasteiger partial charge in [0.2, 0.25) is 0 Å². The van der Waals surface area contributed by atoms with E-state index in [2.05, 4.69) is 5.10 Å². The van der Waals surface area contributed by atoms with Gasteiger partial charge in [0, 0.05) is 12.1 Å². The molecule has 3 N–H and O–H groups in total. The number of aromatic nitrogens is 2. The van der Waals surface area contributed by atoms with Crippen molar-refractivity contribution in [3.05, 3.63) is 12.4 Å². The number of nitrogens with two attached hydrogens (primary N) is 1. The van der Waals surface area contributed by atoms with Gasteiger partial charge in [-0.3, -0.25) is 4.68 Å². The molecule has 0 saturated carbocycles. The molecule has 1 unspecified atom stereocenters. The van der Waals surface area contributed by atoms with Crippen molar-refractivity contribution in [3.8, 4) is 5.75 Å². The molecule has 5 heteroatoms. The van der Waals surface area contributed by atoms with Gasteiger partial charge >= 0.3 is 0 Å². The molecule has 5 nitrogen and oxygen atoms in total. The van der Waals surface area contributed by atoms with Gasteiger partial charge in [0.25, 0.3) is 0 Å². The average Bonchev–Trinajstić information content (AvgIpc) is 2.77. The maximum atomic E-state index is 9.19. The third-order valence-corrected chi connectivity index (χ3v) is 3.00. The Labute approximate surface area is 103 Å². The normalized spacial score (nSPS) is 14.6. The summed E-state index contributed by atoms with van der Waals surface area (Å²) in [5.41, 5.74) is 5.56. The van der Waals surface area contributed by atoms with E-state index in [0.29, 0.717) is 6.61 Å². The van der Waals surface area contributed by atoms with Crippen molar-refractivity contribution >= 4 is 0 Å². The van der Waals surface area contributed by atoms with Crippen molar-refractivity contribution in [1.29, 1.82) is 0 Å². The van der Waals surface area contributed by atoms with Gasteiger partial charge in [-0.25, -0.2) is 0 Å². The molecule has 0 aliphatic carbocycles. The van der Waals surface area contributed by atoms with E-state index in [4.69, 9.17) is 10.5 Å². The maximum Gasteiger partial charge on any atom is 0.157 e. The lowest BCUT2D eigenvalue weighted by molar-refractivity contribution is 0.178. The SMILES string of the molecule is CCOc1cnn(CCCC(N)(CC)CO)c1. The molecule has 0 amide bonds. The number of aryl methyl sites for hydroxylation is 1. The Morgan fingerprint density at radius 1 is 1.53 bits per heavy atom. The lowest BCUT2D eigenvalue weighted by Gasteiger charge is -2.25. The number of nitrogens with zero attached hydrogens (tertiary/aromatic N) is 2. The molecule has 0 aromatic carbocycles. The average molecular weight is 241 g/mol. The summed E-state index contributed by atoms with van der Waals surface area (Å²) in [5, 5.41) is 13.4. The van der Waals surface area contributed by atoms with E-state index in [0.717, 1.165) is 31.6 Å². The van der Waals surface area contributed by atoms with Crippen molar-refractivity contribution in [1.82, 2.24) is 9.78 Å². The minimum atomic E-state index is -0.449. The van der Waals surface area contributed by atoms with E-state index in [1.807, 2.05) is 24.7 Å². The van der Waals surface area contributed by atoms with Gasteiger partial charge in [-0.15, -0.1) is 0 Å². The summed E-state index contributed by atoms with van der Waals surface area (Å²) in [7, 11) is 0. The molecule has 0 radical (unpaired) electrons. The van der Waals surface area contributed by atoms with Crippen molar-refractivity contribution in [2.24, 2.45) is 5.73 Å². The summed E-state index contributed by atoms with van der Waals surface area (Å²) >= 11 is 0. The Hall–Kier alpha value is -1.07. The van der Waals surface area contributed by atoms with Gasteiger partial charge in [-0.05, 0) is 26.2 Å². The topological polar surface area (TPSA) is 73.3 Å². The van der Waals surface area contributed by atoms with E-state index in [-0.39, 0.29) is 6.61 Å². The highest BCUT2D eigenvalue weighted by Crippen LogP contribution is 2.15. The largest absolute Gasteiger partial charge is 0.491 e. The summed E-state index contributed by atoms with van der Waals surface area (Å²) in [6.45, 7) is 5.43. The van der Waals surface area contributed by atoms with Crippen LogP contribution in [0.3, 0.4) is 0 Å². The summed E-state index contributed by atoms with van der Waals surface area (Å²) in [6, 6.07) is 0. The standard InChI is InChI=1S/C12H23N3O2/c1-3-12(13,10-16)6-5-7-15-9-11(8-14-15)17-4-2/h8-9,16H,3-7,10,13H2,1-2H3. The van der Waals surface area contributed by atoms with Gasteiger partial charge < -0.3 is 15.6 Å². The van der Waals surface area contributed by atoms with Crippen LogP contribution in [0.15, 0.2) is 12.4 Å². The molecule has 0 aliphatic rings. The van der Waals surface area contributed by atoms with Gasteiger partial charge in [-0.2, -0.15) is 5.10 Å². The maximum absolute atomic E-state index is 9.19. The minimum Gasteiger partial charge on any atom is -0.491 e. The van der Waals surface area contributed by atoms with Crippen LogP contribution in [-0.2, 0) is 6.54 Å². The first-order valence-corrected chi connectivity index (χ1v) is 6.18. The van der Waals surface area contributed by atoms with E-state index in [1.54, 1.807) is 6.20 Å². The second kappa shape index (κ2) is 6.61. The van der Waals surface area contributed by atoms with Crippen LogP contribution in [-0.4, -0.2) is 33.6 Å². The quantitative estimate of drug-likeness (QED) is 0.716. The Balaban J connectivity index is 2.34. The highest BCUT2D eigenvalue weighted by molar-refractivity contribution is 5.11. The van der Waals surface area contributed by atoms with Crippen molar-refractivity contribution in [3.63, 3.8) is 0 Å². The number of aliphatic hydroxyl groups is 1. The molecule has 0 fully saturated rings. The molecule has 1 aromatic heterocycles. The van der Waals surface area contributed by atoms with Crippen LogP contribution in [0.1, 0.15) is 33.1 Å². The second-order valence-electron chi connectivity index (χ2n) is 4.35. The predicted octanol–water partition coefficient (Wildman–Crippen LogP) is 1.16. The first-order valence-electron chi connectivity index (χ1n) is 6.18. The van der Waals surface area contributed by atoms with E-state index >= 15 is 0 Å². The van der Waals surface area contributed by atoms with Crippen molar-refractivity contribution in [2.75, 3.05) is 13.2 Å². The first kappa shape index (κ1) is 14.0. The van der Waals surface area contributed by atoms with E-state index in [1.165, 1.54) is 0 Å². The third-order valence-electron chi connectivity index (χ3n) is 3.00. The second-order valence-corrected chi connectivity index (χ2v) is 4.35. The summed E-state index contributed by atoms with van der Waals surface area (Å²) < 4.78 is 7.17. The van der Waals surface area contributed by atoms with Crippen molar-refractivity contribution in [2.45, 2.75) is 45.2 Å². The van der Waals surface area contributed by atoms with Gasteiger partial charge in [0.05, 0.1) is 25.6 Å². The monoisotopic (exact) mass is 241 g/mol. The highest BCUT2D eigenvalue weighted by Gasteiger charge is 2.20. The van der Waals surface area contributed by atoms with Crippen LogP contribution >= 0.6 is 0 Å². The molecule has 1 rings (SSSR count). The molecular weight excluding hydrogens is 218 g/mol. The first-order chi connectivity index (χ1) is 8.13. The van der Waals surface area contributed by atoms with Crippen molar-refractivity contribution < 1.29 is 9.84 Å². The number of hydrogen-bond donors (Lipinski definition) is 2. The molecule has 1 atom stereocenters. The third kappa shape index (κ3) is 4.36. The van der Waals surface area contributed by atoms with E-state index in [9.17, 15) is 5.11 Å². The molecule has 1 heterocycles. The fourth-order valence-electron chi connectivity index (χ4n) is 1.67. The summed E-state index contributed by atoms with van der Waals surface area (Å²) in [4.78, 5) is 0. The van der Waals surface area contributed by atoms with Gasteiger partial charge in [-0.1, -0.05) is 6.92 Å². The van der Waals surface area contributed by atoms with Crippen LogP contribution in [0, 0.1) is 0 Å². The van der Waals surface area contributed by atoms with Crippen LogP contribution in [0.5, 0.6) is 5.75 Å². The zero-order chi connectivity index (χ0) is 12.7. The molecule has 1 aromatic rings. The molecule has 0 saturated heterocycles. The fraction of sp³-hybridized carbons (Fsp3) is 0.750. The smallest absolute Gasteiger partial charge is 0.157 e. The Kier molecular flexibility index (Phi) is 5.44. The summed E-state index contributed by atoms with van der Waals surface area (Å²) in [5.74, 6) is 0.796. The zero-order valence-corrected chi connectivity index (χ0v) is 10.7. The predicted molar refractivity (Wildman–Crippen MR) is 66.9 cm³/mol. The molecule has 98 valence electrons. The Morgan fingerprint density at radius 3 is 2.88 bits per heavy atom. The lowest BCUT2D eigenvalue weighted by atomic mass is 9.93. The number of ether oxygens (including phenoxy) is 1. The summed E-state index contributed by atoms with van der Waals surface area (Å²) in [6.07, 6.45) is 6.08. The number of aliphatic hydroxyl groups excluding tert-OH is 1.